The van der Waals surface area contributed by atoms with Gasteiger partial charge in [0.1, 0.15) is 0 Å². The highest BCUT2D eigenvalue weighted by molar-refractivity contribution is 6.30. The van der Waals surface area contributed by atoms with Gasteiger partial charge in [0.05, 0.1) is 12.7 Å². The third-order valence-corrected chi connectivity index (χ3v) is 2.84. The number of benzene rings is 1. The third-order valence-electron chi connectivity index (χ3n) is 2.59. The van der Waals surface area contributed by atoms with E-state index in [0.717, 1.165) is 0 Å². The van der Waals surface area contributed by atoms with E-state index in [1.54, 1.807) is 13.0 Å². The van der Waals surface area contributed by atoms with Crippen LogP contribution >= 0.6 is 11.6 Å². The molecule has 106 valence electrons. The van der Waals surface area contributed by atoms with Crippen LogP contribution in [0.5, 0.6) is 0 Å². The Morgan fingerprint density at radius 2 is 2.00 bits per heavy atom. The van der Waals surface area contributed by atoms with Crippen molar-refractivity contribution in [2.24, 2.45) is 5.92 Å². The number of rotatable bonds is 6. The minimum absolute atomic E-state index is 0.274. The number of hydrogen-bond donors (Lipinski definition) is 1. The van der Waals surface area contributed by atoms with Crippen molar-refractivity contribution < 1.29 is 14.3 Å². The van der Waals surface area contributed by atoms with Crippen LogP contribution in [0.1, 0.15) is 17.3 Å². The number of ether oxygens (including phenoxy) is 1. The van der Waals surface area contributed by atoms with Crippen molar-refractivity contribution in [1.82, 2.24) is 5.32 Å². The summed E-state index contributed by atoms with van der Waals surface area (Å²) in [7, 11) is 1.50. The minimum atomic E-state index is -1.38. The fourth-order valence-corrected chi connectivity index (χ4v) is 1.76. The van der Waals surface area contributed by atoms with Gasteiger partial charge in [-0.25, -0.2) is 0 Å². The van der Waals surface area contributed by atoms with Gasteiger partial charge < -0.3 is 10.1 Å². The number of nitriles is 1. The molecular weight excluding hydrogens is 280 g/mol. The Morgan fingerprint density at radius 1 is 1.40 bits per heavy atom. The summed E-state index contributed by atoms with van der Waals surface area (Å²) >= 11 is 5.73. The molecule has 0 spiro atoms. The second-order valence-corrected chi connectivity index (χ2v) is 4.73. The molecule has 6 heteroatoms. The van der Waals surface area contributed by atoms with E-state index in [1.807, 2.05) is 0 Å². The van der Waals surface area contributed by atoms with Gasteiger partial charge >= 0.3 is 0 Å². The third kappa shape index (κ3) is 4.34. The van der Waals surface area contributed by atoms with Crippen LogP contribution in [0.25, 0.3) is 0 Å². The SMILES string of the molecule is COC[C@H](C)NC(=O)[C@@H](C#N)C(=O)c1ccc(Cl)cc1. The van der Waals surface area contributed by atoms with Gasteiger partial charge in [-0.15, -0.1) is 0 Å². The average Bonchev–Trinajstić information content (AvgIpc) is 2.40. The number of Topliss-reactive ketones (excluding diaryl/α,β-unsaturated/α-hetero) is 1. The van der Waals surface area contributed by atoms with Crippen molar-refractivity contribution in [3.05, 3.63) is 34.9 Å². The molecule has 5 nitrogen and oxygen atoms in total. The number of nitrogens with zero attached hydrogens (tertiary/aromatic N) is 1. The molecule has 0 heterocycles. The zero-order valence-electron chi connectivity index (χ0n) is 11.2. The smallest absolute Gasteiger partial charge is 0.245 e. The number of methoxy groups -OCH3 is 1. The van der Waals surface area contributed by atoms with Crippen molar-refractivity contribution in [2.45, 2.75) is 13.0 Å². The summed E-state index contributed by atoms with van der Waals surface area (Å²) in [6.45, 7) is 2.03. The Labute approximate surface area is 122 Å². The lowest BCUT2D eigenvalue weighted by atomic mass is 9.98. The zero-order valence-corrected chi connectivity index (χ0v) is 12.0. The van der Waals surface area contributed by atoms with Gasteiger partial charge in [-0.3, -0.25) is 9.59 Å². The second-order valence-electron chi connectivity index (χ2n) is 4.30. The first-order valence-corrected chi connectivity index (χ1v) is 6.36. The predicted octanol–water partition coefficient (Wildman–Crippen LogP) is 1.81. The van der Waals surface area contributed by atoms with Crippen LogP contribution in [0.3, 0.4) is 0 Å². The molecule has 0 bridgehead atoms. The number of ketones is 1. The molecule has 0 aliphatic carbocycles. The van der Waals surface area contributed by atoms with E-state index in [9.17, 15) is 9.59 Å². The molecule has 0 aromatic heterocycles. The average molecular weight is 295 g/mol. The molecule has 0 aliphatic heterocycles. The number of carbonyl (C=O) groups is 2. The lowest BCUT2D eigenvalue weighted by molar-refractivity contribution is -0.123. The van der Waals surface area contributed by atoms with Gasteiger partial charge in [0.15, 0.2) is 11.7 Å². The highest BCUT2D eigenvalue weighted by Crippen LogP contribution is 2.13. The Balaban J connectivity index is 2.80. The molecule has 1 N–H and O–H groups in total. The summed E-state index contributed by atoms with van der Waals surface area (Å²) in [4.78, 5) is 24.0. The molecule has 0 fully saturated rings. The Morgan fingerprint density at radius 3 is 2.50 bits per heavy atom. The van der Waals surface area contributed by atoms with Crippen molar-refractivity contribution >= 4 is 23.3 Å². The molecule has 20 heavy (non-hydrogen) atoms. The Bertz CT molecular complexity index is 522. The van der Waals surface area contributed by atoms with Gasteiger partial charge in [0.25, 0.3) is 0 Å². The summed E-state index contributed by atoms with van der Waals surface area (Å²) in [6.07, 6.45) is 0. The van der Waals surface area contributed by atoms with Crippen LogP contribution in [0.2, 0.25) is 5.02 Å². The molecule has 0 saturated carbocycles. The predicted molar refractivity (Wildman–Crippen MR) is 74.4 cm³/mol. The largest absolute Gasteiger partial charge is 0.383 e. The van der Waals surface area contributed by atoms with Crippen LogP contribution < -0.4 is 5.32 Å². The molecule has 2 atom stereocenters. The number of hydrogen-bond acceptors (Lipinski definition) is 4. The number of carbonyl (C=O) groups excluding carboxylic acids is 2. The Hall–Kier alpha value is -1.90. The molecule has 0 aliphatic rings. The molecule has 1 amide bonds. The summed E-state index contributed by atoms with van der Waals surface area (Å²) in [6, 6.07) is 7.50. The number of nitrogens with one attached hydrogen (secondary N) is 1. The standard InChI is InChI=1S/C14H15ClN2O3/c1-9(8-20-2)17-14(19)12(7-16)13(18)10-3-5-11(15)6-4-10/h3-6,9,12H,8H2,1-2H3,(H,17,19)/t9-,12-/m0/s1. The van der Waals surface area contributed by atoms with Crippen molar-refractivity contribution in [2.75, 3.05) is 13.7 Å². The van der Waals surface area contributed by atoms with E-state index < -0.39 is 17.6 Å². The topological polar surface area (TPSA) is 79.2 Å². The van der Waals surface area contributed by atoms with E-state index >= 15 is 0 Å². The van der Waals surface area contributed by atoms with Gasteiger partial charge in [0, 0.05) is 23.7 Å². The Kier molecular flexibility index (Phi) is 6.16. The summed E-state index contributed by atoms with van der Waals surface area (Å²) < 4.78 is 4.88. The molecule has 0 unspecified atom stereocenters. The lowest BCUT2D eigenvalue weighted by Gasteiger charge is -2.15. The highest BCUT2D eigenvalue weighted by atomic mass is 35.5. The number of halogens is 1. The zero-order chi connectivity index (χ0) is 15.1. The monoisotopic (exact) mass is 294 g/mol. The van der Waals surface area contributed by atoms with Gasteiger partial charge in [0.2, 0.25) is 5.91 Å². The van der Waals surface area contributed by atoms with Crippen LogP contribution in [0.4, 0.5) is 0 Å². The lowest BCUT2D eigenvalue weighted by Crippen LogP contribution is -2.41. The first kappa shape index (κ1) is 16.2. The van der Waals surface area contributed by atoms with Gasteiger partial charge in [-0.1, -0.05) is 11.6 Å². The molecule has 1 rings (SSSR count). The van der Waals surface area contributed by atoms with Crippen molar-refractivity contribution in [3.8, 4) is 6.07 Å². The fourth-order valence-electron chi connectivity index (χ4n) is 1.63. The number of amides is 1. The van der Waals surface area contributed by atoms with Gasteiger partial charge in [-0.05, 0) is 31.2 Å². The molecule has 0 saturated heterocycles. The maximum absolute atomic E-state index is 12.1. The van der Waals surface area contributed by atoms with Crippen LogP contribution in [-0.4, -0.2) is 31.4 Å². The second kappa shape index (κ2) is 7.63. The molecule has 1 aromatic rings. The van der Waals surface area contributed by atoms with Crippen molar-refractivity contribution in [1.29, 1.82) is 5.26 Å². The molecular formula is C14H15ClN2O3. The summed E-state index contributed by atoms with van der Waals surface area (Å²) in [5.41, 5.74) is 0.274. The normalized spacial score (nSPS) is 13.1. The maximum Gasteiger partial charge on any atom is 0.245 e. The first-order valence-electron chi connectivity index (χ1n) is 5.98. The van der Waals surface area contributed by atoms with E-state index in [-0.39, 0.29) is 11.6 Å². The maximum atomic E-state index is 12.1. The van der Waals surface area contributed by atoms with Gasteiger partial charge in [-0.2, -0.15) is 5.26 Å². The fraction of sp³-hybridized carbons (Fsp3) is 0.357. The summed E-state index contributed by atoms with van der Waals surface area (Å²) in [5.74, 6) is -2.56. The van der Waals surface area contributed by atoms with Crippen LogP contribution in [0.15, 0.2) is 24.3 Å². The molecule has 1 aromatic carbocycles. The first-order chi connectivity index (χ1) is 9.49. The van der Waals surface area contributed by atoms with E-state index in [0.29, 0.717) is 11.6 Å². The highest BCUT2D eigenvalue weighted by Gasteiger charge is 2.28. The van der Waals surface area contributed by atoms with E-state index in [2.05, 4.69) is 5.32 Å². The van der Waals surface area contributed by atoms with E-state index in [1.165, 1.54) is 31.4 Å². The minimum Gasteiger partial charge on any atom is -0.383 e. The van der Waals surface area contributed by atoms with Crippen molar-refractivity contribution in [3.63, 3.8) is 0 Å². The quantitative estimate of drug-likeness (QED) is 0.641. The van der Waals surface area contributed by atoms with E-state index in [4.69, 9.17) is 21.6 Å². The van der Waals surface area contributed by atoms with Crippen LogP contribution in [0, 0.1) is 17.2 Å². The molecule has 0 radical (unpaired) electrons. The van der Waals surface area contributed by atoms with Crippen LogP contribution in [-0.2, 0) is 9.53 Å². The summed E-state index contributed by atoms with van der Waals surface area (Å²) in [5, 5.41) is 12.1.